The van der Waals surface area contributed by atoms with E-state index >= 15 is 0 Å². The van der Waals surface area contributed by atoms with Gasteiger partial charge in [0, 0.05) is 19.8 Å². The molecule has 2 aromatic carbocycles. The topological polar surface area (TPSA) is 39.7 Å². The van der Waals surface area contributed by atoms with E-state index < -0.39 is 0 Å². The molecule has 0 heterocycles. The van der Waals surface area contributed by atoms with Crippen molar-refractivity contribution in [3.8, 4) is 11.5 Å². The van der Waals surface area contributed by atoms with Gasteiger partial charge in [-0.2, -0.15) is 0 Å². The molecule has 0 saturated heterocycles. The van der Waals surface area contributed by atoms with Crippen LogP contribution in [0, 0.1) is 6.92 Å². The van der Waals surface area contributed by atoms with Gasteiger partial charge in [-0.3, -0.25) is 0 Å². The number of methoxy groups -OCH3 is 1. The lowest BCUT2D eigenvalue weighted by molar-refractivity contribution is 0.129. The van der Waals surface area contributed by atoms with Gasteiger partial charge in [0.05, 0.1) is 12.1 Å². The van der Waals surface area contributed by atoms with Crippen molar-refractivity contribution >= 4 is 11.6 Å². The van der Waals surface area contributed by atoms with Gasteiger partial charge in [-0.25, -0.2) is 0 Å². The summed E-state index contributed by atoms with van der Waals surface area (Å²) >= 11 is 6.46. The normalized spacial score (nSPS) is 10.9. The lowest BCUT2D eigenvalue weighted by Crippen LogP contribution is -2.16. The lowest BCUT2D eigenvalue weighted by Gasteiger charge is -2.15. The quantitative estimate of drug-likeness (QED) is 0.444. The number of rotatable bonds is 13. The maximum absolute atomic E-state index is 6.46. The second-order valence-electron chi connectivity index (χ2n) is 6.88. The minimum absolute atomic E-state index is 0.450. The van der Waals surface area contributed by atoms with Crippen LogP contribution in [-0.2, 0) is 17.9 Å². The SMILES string of the molecule is CCCCOCCCNCc1cc(Cl)c(OCc2ccc(C)cc2)c(OC)c1. The Hall–Kier alpha value is -1.75. The van der Waals surface area contributed by atoms with Gasteiger partial charge in [0.1, 0.15) is 6.61 Å². The van der Waals surface area contributed by atoms with Crippen molar-refractivity contribution in [2.45, 2.75) is 46.3 Å². The van der Waals surface area contributed by atoms with Gasteiger partial charge >= 0.3 is 0 Å². The number of benzene rings is 2. The fourth-order valence-corrected chi connectivity index (χ4v) is 3.02. The molecule has 0 atom stereocenters. The summed E-state index contributed by atoms with van der Waals surface area (Å²) in [6.45, 7) is 7.96. The van der Waals surface area contributed by atoms with E-state index in [2.05, 4.69) is 43.4 Å². The third-order valence-corrected chi connectivity index (χ3v) is 4.69. The molecule has 154 valence electrons. The van der Waals surface area contributed by atoms with Gasteiger partial charge in [-0.1, -0.05) is 54.8 Å². The molecular weight excluding hydrogens is 374 g/mol. The third kappa shape index (κ3) is 7.70. The molecule has 2 rings (SSSR count). The molecule has 0 aliphatic rings. The Bertz CT molecular complexity index is 704. The van der Waals surface area contributed by atoms with E-state index in [9.17, 15) is 0 Å². The smallest absolute Gasteiger partial charge is 0.180 e. The van der Waals surface area contributed by atoms with Crippen LogP contribution < -0.4 is 14.8 Å². The number of unbranched alkanes of at least 4 members (excludes halogenated alkanes) is 1. The molecule has 0 aromatic heterocycles. The molecule has 0 bridgehead atoms. The summed E-state index contributed by atoms with van der Waals surface area (Å²) in [5.41, 5.74) is 3.38. The highest BCUT2D eigenvalue weighted by atomic mass is 35.5. The van der Waals surface area contributed by atoms with Crippen LogP contribution in [0.4, 0.5) is 0 Å². The number of aryl methyl sites for hydroxylation is 1. The van der Waals surface area contributed by atoms with Crippen molar-refractivity contribution in [3.63, 3.8) is 0 Å². The predicted molar refractivity (Wildman–Crippen MR) is 116 cm³/mol. The highest BCUT2D eigenvalue weighted by molar-refractivity contribution is 6.32. The van der Waals surface area contributed by atoms with Gasteiger partial charge in [-0.15, -0.1) is 0 Å². The first kappa shape index (κ1) is 22.5. The van der Waals surface area contributed by atoms with Crippen molar-refractivity contribution in [1.82, 2.24) is 5.32 Å². The third-order valence-electron chi connectivity index (χ3n) is 4.41. The van der Waals surface area contributed by atoms with E-state index in [4.69, 9.17) is 25.8 Å². The number of ether oxygens (including phenoxy) is 3. The van der Waals surface area contributed by atoms with Crippen molar-refractivity contribution in [1.29, 1.82) is 0 Å². The van der Waals surface area contributed by atoms with Crippen molar-refractivity contribution in [3.05, 3.63) is 58.1 Å². The molecule has 0 aliphatic carbocycles. The number of hydrogen-bond donors (Lipinski definition) is 1. The first-order valence-electron chi connectivity index (χ1n) is 9.97. The molecule has 1 N–H and O–H groups in total. The van der Waals surface area contributed by atoms with Crippen LogP contribution in [-0.4, -0.2) is 26.9 Å². The van der Waals surface area contributed by atoms with Gasteiger partial charge in [0.15, 0.2) is 11.5 Å². The van der Waals surface area contributed by atoms with E-state index in [-0.39, 0.29) is 0 Å². The Morgan fingerprint density at radius 3 is 2.46 bits per heavy atom. The van der Waals surface area contributed by atoms with Crippen LogP contribution in [0.3, 0.4) is 0 Å². The Labute approximate surface area is 174 Å². The van der Waals surface area contributed by atoms with Crippen molar-refractivity contribution < 1.29 is 14.2 Å². The molecule has 28 heavy (non-hydrogen) atoms. The summed E-state index contributed by atoms with van der Waals surface area (Å²) in [5.74, 6) is 1.23. The second-order valence-corrected chi connectivity index (χ2v) is 7.29. The van der Waals surface area contributed by atoms with Gasteiger partial charge < -0.3 is 19.5 Å². The summed E-state index contributed by atoms with van der Waals surface area (Å²) in [4.78, 5) is 0. The second kappa shape index (κ2) is 12.7. The molecule has 0 saturated carbocycles. The van der Waals surface area contributed by atoms with E-state index in [1.54, 1.807) is 7.11 Å². The monoisotopic (exact) mass is 405 g/mol. The standard InChI is InChI=1S/C23H32ClNO3/c1-4-5-12-27-13-6-11-25-16-20-14-21(24)23(22(15-20)26-3)28-17-19-9-7-18(2)8-10-19/h7-10,14-15,25H,4-6,11-13,16-17H2,1-3H3. The molecule has 0 aliphatic heterocycles. The zero-order valence-electron chi connectivity index (χ0n) is 17.2. The zero-order chi connectivity index (χ0) is 20.2. The number of halogens is 1. The van der Waals surface area contributed by atoms with Crippen molar-refractivity contribution in [2.75, 3.05) is 26.9 Å². The van der Waals surface area contributed by atoms with E-state index in [0.29, 0.717) is 23.1 Å². The molecular formula is C23H32ClNO3. The van der Waals surface area contributed by atoms with Crippen LogP contribution in [0.1, 0.15) is 42.9 Å². The van der Waals surface area contributed by atoms with Gasteiger partial charge in [0.25, 0.3) is 0 Å². The largest absolute Gasteiger partial charge is 0.493 e. The first-order chi connectivity index (χ1) is 13.6. The molecule has 0 amide bonds. The summed E-state index contributed by atoms with van der Waals surface area (Å²) in [6.07, 6.45) is 3.29. The summed E-state index contributed by atoms with van der Waals surface area (Å²) < 4.78 is 17.0. The van der Waals surface area contributed by atoms with E-state index in [1.165, 1.54) is 12.0 Å². The Kier molecular flexibility index (Phi) is 10.2. The summed E-state index contributed by atoms with van der Waals surface area (Å²) in [5, 5.41) is 3.98. The average molecular weight is 406 g/mol. The molecule has 0 radical (unpaired) electrons. The Morgan fingerprint density at radius 1 is 1.00 bits per heavy atom. The summed E-state index contributed by atoms with van der Waals surface area (Å²) in [7, 11) is 1.63. The number of nitrogens with one attached hydrogen (secondary N) is 1. The highest BCUT2D eigenvalue weighted by Crippen LogP contribution is 2.37. The van der Waals surface area contributed by atoms with Crippen LogP contribution in [0.25, 0.3) is 0 Å². The van der Waals surface area contributed by atoms with Crippen LogP contribution in [0.5, 0.6) is 11.5 Å². The maximum Gasteiger partial charge on any atom is 0.180 e. The van der Waals surface area contributed by atoms with Crippen LogP contribution >= 0.6 is 11.6 Å². The molecule has 4 nitrogen and oxygen atoms in total. The van der Waals surface area contributed by atoms with Gasteiger partial charge in [0.2, 0.25) is 0 Å². The molecule has 0 fully saturated rings. The van der Waals surface area contributed by atoms with Gasteiger partial charge in [-0.05, 0) is 49.6 Å². The predicted octanol–water partition coefficient (Wildman–Crippen LogP) is 5.53. The lowest BCUT2D eigenvalue weighted by atomic mass is 10.1. The molecule has 2 aromatic rings. The fourth-order valence-electron chi connectivity index (χ4n) is 2.74. The minimum Gasteiger partial charge on any atom is -0.493 e. The number of hydrogen-bond acceptors (Lipinski definition) is 4. The first-order valence-corrected chi connectivity index (χ1v) is 10.3. The maximum atomic E-state index is 6.46. The Morgan fingerprint density at radius 2 is 1.75 bits per heavy atom. The average Bonchev–Trinajstić information content (AvgIpc) is 2.70. The molecule has 0 unspecified atom stereocenters. The fraction of sp³-hybridized carbons (Fsp3) is 0.478. The Balaban J connectivity index is 1.83. The molecule has 0 spiro atoms. The summed E-state index contributed by atoms with van der Waals surface area (Å²) in [6, 6.07) is 12.2. The highest BCUT2D eigenvalue weighted by Gasteiger charge is 2.12. The van der Waals surface area contributed by atoms with E-state index in [1.807, 2.05) is 12.1 Å². The van der Waals surface area contributed by atoms with Crippen LogP contribution in [0.15, 0.2) is 36.4 Å². The van der Waals surface area contributed by atoms with Crippen molar-refractivity contribution in [2.24, 2.45) is 0 Å². The van der Waals surface area contributed by atoms with Crippen LogP contribution in [0.2, 0.25) is 5.02 Å². The van der Waals surface area contributed by atoms with E-state index in [0.717, 1.165) is 50.3 Å². The zero-order valence-corrected chi connectivity index (χ0v) is 18.0. The minimum atomic E-state index is 0.450. The molecule has 5 heteroatoms.